The summed E-state index contributed by atoms with van der Waals surface area (Å²) in [5, 5.41) is 0. The largest absolute Gasteiger partial charge is 0.299 e. The molecule has 1 heteroatoms. The van der Waals surface area contributed by atoms with Crippen LogP contribution in [0.5, 0.6) is 0 Å². The first-order valence-electron chi connectivity index (χ1n) is 4.07. The van der Waals surface area contributed by atoms with Crippen LogP contribution in [0, 0.1) is 11.8 Å². The monoisotopic (exact) mass is 136 g/mol. The molecule has 0 heterocycles. The van der Waals surface area contributed by atoms with E-state index < -0.39 is 0 Å². The van der Waals surface area contributed by atoms with Crippen LogP contribution in [0.25, 0.3) is 0 Å². The summed E-state index contributed by atoms with van der Waals surface area (Å²) in [6.07, 6.45) is 8.63. The number of Topliss-reactive ketones (excluding diaryl/α,β-unsaturated/α-hetero) is 1. The van der Waals surface area contributed by atoms with Crippen molar-refractivity contribution in [3.63, 3.8) is 0 Å². The Balaban J connectivity index is 2.25. The maximum absolute atomic E-state index is 11.2. The molecule has 0 aliphatic heterocycles. The van der Waals surface area contributed by atoms with Crippen LogP contribution in [0.15, 0.2) is 12.2 Å². The van der Waals surface area contributed by atoms with Crippen LogP contribution in [-0.4, -0.2) is 5.78 Å². The van der Waals surface area contributed by atoms with E-state index in [2.05, 4.69) is 12.2 Å². The minimum Gasteiger partial charge on any atom is -0.299 e. The molecule has 2 atom stereocenters. The molecular weight excluding hydrogens is 124 g/mol. The number of fused-ring (bicyclic) bond motifs is 3. The Kier molecular flexibility index (Phi) is 1.37. The maximum atomic E-state index is 11.2. The highest BCUT2D eigenvalue weighted by Gasteiger charge is 2.25. The first-order valence-corrected chi connectivity index (χ1v) is 4.07. The number of rotatable bonds is 0. The van der Waals surface area contributed by atoms with Crippen molar-refractivity contribution in [2.75, 3.05) is 0 Å². The van der Waals surface area contributed by atoms with Crippen LogP contribution >= 0.6 is 0 Å². The summed E-state index contributed by atoms with van der Waals surface area (Å²) in [4.78, 5) is 11.2. The summed E-state index contributed by atoms with van der Waals surface area (Å²) in [5.74, 6) is 1.48. The van der Waals surface area contributed by atoms with Crippen molar-refractivity contribution < 1.29 is 4.79 Å². The molecule has 3 rings (SSSR count). The second-order valence-electron chi connectivity index (χ2n) is 3.33. The van der Waals surface area contributed by atoms with Gasteiger partial charge in [0.05, 0.1) is 0 Å². The average Bonchev–Trinajstić information content (AvgIpc) is 2.24. The molecule has 0 N–H and O–H groups in total. The topological polar surface area (TPSA) is 17.1 Å². The molecule has 54 valence electrons. The summed E-state index contributed by atoms with van der Waals surface area (Å²) in [6.45, 7) is 0. The van der Waals surface area contributed by atoms with Crippen molar-refractivity contribution in [2.24, 2.45) is 11.8 Å². The molecule has 0 spiro atoms. The number of carbonyl (C=O) groups excluding carboxylic acids is 1. The highest BCUT2D eigenvalue weighted by Crippen LogP contribution is 2.31. The Morgan fingerprint density at radius 1 is 1.20 bits per heavy atom. The Morgan fingerprint density at radius 3 is 2.80 bits per heavy atom. The van der Waals surface area contributed by atoms with Gasteiger partial charge in [-0.1, -0.05) is 12.2 Å². The van der Waals surface area contributed by atoms with Gasteiger partial charge in [0.1, 0.15) is 5.78 Å². The number of ketones is 1. The second kappa shape index (κ2) is 2.22. The number of hydrogen-bond donors (Lipinski definition) is 0. The summed E-state index contributed by atoms with van der Waals surface area (Å²) < 4.78 is 0. The maximum Gasteiger partial charge on any atom is 0.139 e. The SMILES string of the molecule is O=C1CC[C@@H]2C=C[C@H]1CC2. The fourth-order valence-electron chi connectivity index (χ4n) is 1.90. The highest BCUT2D eigenvalue weighted by atomic mass is 16.1. The zero-order valence-corrected chi connectivity index (χ0v) is 6.05. The lowest BCUT2D eigenvalue weighted by Crippen LogP contribution is -2.10. The molecule has 0 radical (unpaired) electrons. The van der Waals surface area contributed by atoms with Gasteiger partial charge in [-0.25, -0.2) is 0 Å². The molecule has 0 unspecified atom stereocenters. The molecule has 3 aliphatic carbocycles. The highest BCUT2D eigenvalue weighted by molar-refractivity contribution is 5.83. The molecule has 3 aliphatic rings. The van der Waals surface area contributed by atoms with Crippen molar-refractivity contribution in [3.8, 4) is 0 Å². The molecule has 0 saturated heterocycles. The summed E-state index contributed by atoms with van der Waals surface area (Å²) in [6, 6.07) is 0. The molecule has 0 aromatic heterocycles. The fourth-order valence-corrected chi connectivity index (χ4v) is 1.90. The molecule has 1 nitrogen and oxygen atoms in total. The minimum absolute atomic E-state index is 0.291. The predicted molar refractivity (Wildman–Crippen MR) is 39.6 cm³/mol. The number of allylic oxidation sites excluding steroid dienone is 2. The molecule has 0 aromatic carbocycles. The van der Waals surface area contributed by atoms with Gasteiger partial charge in [-0.05, 0) is 25.2 Å². The number of hydrogen-bond acceptors (Lipinski definition) is 1. The quantitative estimate of drug-likeness (QED) is 0.465. The van der Waals surface area contributed by atoms with E-state index >= 15 is 0 Å². The fraction of sp³-hybridized carbons (Fsp3) is 0.667. The zero-order chi connectivity index (χ0) is 6.97. The van der Waals surface area contributed by atoms with Gasteiger partial charge in [-0.3, -0.25) is 4.79 Å². The van der Waals surface area contributed by atoms with E-state index in [1.54, 1.807) is 0 Å². The van der Waals surface area contributed by atoms with E-state index in [1.807, 2.05) is 0 Å². The smallest absolute Gasteiger partial charge is 0.139 e. The minimum atomic E-state index is 0.291. The van der Waals surface area contributed by atoms with Gasteiger partial charge in [-0.2, -0.15) is 0 Å². The molecular formula is C9H12O. The van der Waals surface area contributed by atoms with Crippen molar-refractivity contribution in [1.82, 2.24) is 0 Å². The number of carbonyl (C=O) groups is 1. The van der Waals surface area contributed by atoms with E-state index in [1.165, 1.54) is 6.42 Å². The lowest BCUT2D eigenvalue weighted by molar-refractivity contribution is -0.121. The van der Waals surface area contributed by atoms with Gasteiger partial charge in [0, 0.05) is 12.3 Å². The van der Waals surface area contributed by atoms with Crippen LogP contribution in [0.3, 0.4) is 0 Å². The van der Waals surface area contributed by atoms with E-state index in [4.69, 9.17) is 0 Å². The van der Waals surface area contributed by atoms with Crippen LogP contribution in [0.4, 0.5) is 0 Å². The van der Waals surface area contributed by atoms with Crippen molar-refractivity contribution in [3.05, 3.63) is 12.2 Å². The molecule has 1 fully saturated rings. The second-order valence-corrected chi connectivity index (χ2v) is 3.33. The Hall–Kier alpha value is -0.590. The van der Waals surface area contributed by atoms with Crippen LogP contribution < -0.4 is 0 Å². The predicted octanol–water partition coefficient (Wildman–Crippen LogP) is 1.93. The van der Waals surface area contributed by atoms with Gasteiger partial charge >= 0.3 is 0 Å². The third kappa shape index (κ3) is 0.898. The lowest BCUT2D eigenvalue weighted by atomic mass is 9.91. The van der Waals surface area contributed by atoms with E-state index in [-0.39, 0.29) is 0 Å². The van der Waals surface area contributed by atoms with Crippen LogP contribution in [0.2, 0.25) is 0 Å². The summed E-state index contributed by atoms with van der Waals surface area (Å²) in [7, 11) is 0. The molecule has 0 amide bonds. The summed E-state index contributed by atoms with van der Waals surface area (Å²) >= 11 is 0. The average molecular weight is 136 g/mol. The van der Waals surface area contributed by atoms with E-state index in [0.717, 1.165) is 25.2 Å². The molecule has 1 saturated carbocycles. The van der Waals surface area contributed by atoms with E-state index in [0.29, 0.717) is 11.7 Å². The normalized spacial score (nSPS) is 38.2. The molecule has 0 aromatic rings. The van der Waals surface area contributed by atoms with Crippen LogP contribution in [0.1, 0.15) is 25.7 Å². The zero-order valence-electron chi connectivity index (χ0n) is 6.05. The Morgan fingerprint density at radius 2 is 2.10 bits per heavy atom. The lowest BCUT2D eigenvalue weighted by Gasteiger charge is -2.14. The van der Waals surface area contributed by atoms with Crippen molar-refractivity contribution in [2.45, 2.75) is 25.7 Å². The van der Waals surface area contributed by atoms with Gasteiger partial charge < -0.3 is 0 Å². The van der Waals surface area contributed by atoms with Gasteiger partial charge in [0.15, 0.2) is 0 Å². The summed E-state index contributed by atoms with van der Waals surface area (Å²) in [5.41, 5.74) is 0. The molecule has 2 bridgehead atoms. The van der Waals surface area contributed by atoms with E-state index in [9.17, 15) is 4.79 Å². The third-order valence-corrected chi connectivity index (χ3v) is 2.64. The Labute approximate surface area is 61.1 Å². The first-order chi connectivity index (χ1) is 4.86. The van der Waals surface area contributed by atoms with Crippen molar-refractivity contribution in [1.29, 1.82) is 0 Å². The van der Waals surface area contributed by atoms with Crippen molar-refractivity contribution >= 4 is 5.78 Å². The Bertz CT molecular complexity index is 181. The van der Waals surface area contributed by atoms with Gasteiger partial charge in [-0.15, -0.1) is 0 Å². The molecule has 10 heavy (non-hydrogen) atoms. The van der Waals surface area contributed by atoms with Gasteiger partial charge in [0.2, 0.25) is 0 Å². The first kappa shape index (κ1) is 6.14. The standard InChI is InChI=1S/C9H12O/c10-9-6-3-7-1-4-8(9)5-2-7/h1,4,7-8H,2-3,5-6H2/t7-,8+/m1/s1. The van der Waals surface area contributed by atoms with Gasteiger partial charge in [0.25, 0.3) is 0 Å². The third-order valence-electron chi connectivity index (χ3n) is 2.64. The van der Waals surface area contributed by atoms with Crippen LogP contribution in [-0.2, 0) is 4.79 Å².